The number of hydrogen-bond acceptors (Lipinski definition) is 4. The van der Waals surface area contributed by atoms with E-state index in [0.29, 0.717) is 24.1 Å². The van der Waals surface area contributed by atoms with Crippen molar-refractivity contribution in [2.75, 3.05) is 18.0 Å². The van der Waals surface area contributed by atoms with Gasteiger partial charge in [-0.05, 0) is 31.0 Å². The third-order valence-corrected chi connectivity index (χ3v) is 5.38. The van der Waals surface area contributed by atoms with E-state index in [1.807, 2.05) is 0 Å². The summed E-state index contributed by atoms with van der Waals surface area (Å²) in [5.74, 6) is -0.0596. The Labute approximate surface area is 106 Å². The van der Waals surface area contributed by atoms with Crippen LogP contribution in [0, 0.1) is 0 Å². The highest BCUT2D eigenvalue weighted by molar-refractivity contribution is 7.92. The predicted octanol–water partition coefficient (Wildman–Crippen LogP) is 0.576. The lowest BCUT2D eigenvalue weighted by molar-refractivity contribution is 0.0953. The van der Waals surface area contributed by atoms with Gasteiger partial charge in [0.05, 0.1) is 11.0 Å². The van der Waals surface area contributed by atoms with Crippen LogP contribution in [0.4, 0.5) is 5.69 Å². The lowest BCUT2D eigenvalue weighted by Gasteiger charge is -2.11. The quantitative estimate of drug-likeness (QED) is 0.785. The summed E-state index contributed by atoms with van der Waals surface area (Å²) in [6.45, 7) is 0.177. The number of rotatable bonds is 3. The smallest absolute Gasteiger partial charge is 0.251 e. The van der Waals surface area contributed by atoms with Crippen LogP contribution >= 0.6 is 0 Å². The van der Waals surface area contributed by atoms with E-state index in [4.69, 9.17) is 5.73 Å². The van der Waals surface area contributed by atoms with Gasteiger partial charge in [-0.25, -0.2) is 8.42 Å². The van der Waals surface area contributed by atoms with Crippen LogP contribution in [0.5, 0.6) is 0 Å². The molecule has 0 radical (unpaired) electrons. The SMILES string of the molecule is Nc1cccc(C(=O)NCC2CCCS2(=O)=O)c1. The summed E-state index contributed by atoms with van der Waals surface area (Å²) >= 11 is 0. The highest BCUT2D eigenvalue weighted by atomic mass is 32.2. The second-order valence-corrected chi connectivity index (χ2v) is 6.87. The molecular weight excluding hydrogens is 252 g/mol. The van der Waals surface area contributed by atoms with Crippen molar-refractivity contribution in [3.05, 3.63) is 29.8 Å². The normalized spacial score (nSPS) is 21.7. The van der Waals surface area contributed by atoms with E-state index in [0.717, 1.165) is 0 Å². The van der Waals surface area contributed by atoms with Crippen LogP contribution in [0.2, 0.25) is 0 Å². The van der Waals surface area contributed by atoms with Gasteiger partial charge in [0.15, 0.2) is 9.84 Å². The number of nitrogens with two attached hydrogens (primary N) is 1. The first-order valence-corrected chi connectivity index (χ1v) is 7.56. The Morgan fingerprint density at radius 2 is 2.22 bits per heavy atom. The number of nitrogens with one attached hydrogen (secondary N) is 1. The third kappa shape index (κ3) is 2.81. The molecule has 18 heavy (non-hydrogen) atoms. The fourth-order valence-corrected chi connectivity index (χ4v) is 3.84. The van der Waals surface area contributed by atoms with Crippen LogP contribution < -0.4 is 11.1 Å². The average Bonchev–Trinajstić information content (AvgIpc) is 2.65. The second-order valence-electron chi connectivity index (χ2n) is 4.47. The zero-order valence-corrected chi connectivity index (χ0v) is 10.7. The van der Waals surface area contributed by atoms with E-state index < -0.39 is 15.1 Å². The zero-order valence-electron chi connectivity index (χ0n) is 9.93. The number of carbonyl (C=O) groups excluding carboxylic acids is 1. The van der Waals surface area contributed by atoms with E-state index in [-0.39, 0.29) is 18.2 Å². The largest absolute Gasteiger partial charge is 0.399 e. The van der Waals surface area contributed by atoms with Gasteiger partial charge in [0.25, 0.3) is 5.91 Å². The van der Waals surface area contributed by atoms with Crippen LogP contribution in [0.25, 0.3) is 0 Å². The van der Waals surface area contributed by atoms with Gasteiger partial charge in [-0.1, -0.05) is 6.07 Å². The molecule has 0 spiro atoms. The summed E-state index contributed by atoms with van der Waals surface area (Å²) in [7, 11) is -3.01. The van der Waals surface area contributed by atoms with Crippen molar-refractivity contribution in [1.82, 2.24) is 5.32 Å². The minimum Gasteiger partial charge on any atom is -0.399 e. The number of anilines is 1. The number of nitrogen functional groups attached to an aromatic ring is 1. The third-order valence-electron chi connectivity index (χ3n) is 3.10. The van der Waals surface area contributed by atoms with Crippen molar-refractivity contribution in [2.45, 2.75) is 18.1 Å². The summed E-state index contributed by atoms with van der Waals surface area (Å²) in [5, 5.41) is 2.21. The summed E-state index contributed by atoms with van der Waals surface area (Å²) < 4.78 is 23.2. The van der Waals surface area contributed by atoms with Crippen LogP contribution in [0.1, 0.15) is 23.2 Å². The molecule has 1 fully saturated rings. The van der Waals surface area contributed by atoms with Crippen molar-refractivity contribution in [3.63, 3.8) is 0 Å². The fraction of sp³-hybridized carbons (Fsp3) is 0.417. The topological polar surface area (TPSA) is 89.3 Å². The van der Waals surface area contributed by atoms with Crippen molar-refractivity contribution in [2.24, 2.45) is 0 Å². The van der Waals surface area contributed by atoms with Gasteiger partial charge in [-0.2, -0.15) is 0 Å². The predicted molar refractivity (Wildman–Crippen MR) is 70.0 cm³/mol. The van der Waals surface area contributed by atoms with Crippen molar-refractivity contribution >= 4 is 21.4 Å². The Morgan fingerprint density at radius 3 is 2.83 bits per heavy atom. The molecule has 1 aromatic rings. The number of carbonyl (C=O) groups is 1. The molecule has 1 saturated heterocycles. The number of benzene rings is 1. The average molecular weight is 268 g/mol. The molecule has 0 aliphatic carbocycles. The second kappa shape index (κ2) is 4.97. The van der Waals surface area contributed by atoms with E-state index in [1.165, 1.54) is 0 Å². The highest BCUT2D eigenvalue weighted by Crippen LogP contribution is 2.19. The van der Waals surface area contributed by atoms with Gasteiger partial charge < -0.3 is 11.1 Å². The number of sulfone groups is 1. The minimum atomic E-state index is -3.01. The lowest BCUT2D eigenvalue weighted by Crippen LogP contribution is -2.34. The first-order chi connectivity index (χ1) is 8.49. The van der Waals surface area contributed by atoms with Crippen LogP contribution in [-0.2, 0) is 9.84 Å². The van der Waals surface area contributed by atoms with Crippen molar-refractivity contribution in [1.29, 1.82) is 0 Å². The number of amides is 1. The Hall–Kier alpha value is -1.56. The van der Waals surface area contributed by atoms with E-state index >= 15 is 0 Å². The summed E-state index contributed by atoms with van der Waals surface area (Å²) in [4.78, 5) is 11.8. The lowest BCUT2D eigenvalue weighted by atomic mass is 10.2. The monoisotopic (exact) mass is 268 g/mol. The molecule has 5 nitrogen and oxygen atoms in total. The molecule has 0 aromatic heterocycles. The molecule has 98 valence electrons. The van der Waals surface area contributed by atoms with Gasteiger partial charge in [0.1, 0.15) is 0 Å². The van der Waals surface area contributed by atoms with Crippen LogP contribution in [0.15, 0.2) is 24.3 Å². The molecule has 0 bridgehead atoms. The molecule has 1 unspecified atom stereocenters. The molecular formula is C12H16N2O3S. The van der Waals surface area contributed by atoms with Crippen molar-refractivity contribution in [3.8, 4) is 0 Å². The summed E-state index contributed by atoms with van der Waals surface area (Å²) in [6.07, 6.45) is 1.31. The molecule has 6 heteroatoms. The molecule has 2 rings (SSSR count). The molecule has 0 saturated carbocycles. The van der Waals surface area contributed by atoms with E-state index in [9.17, 15) is 13.2 Å². The Kier molecular flexibility index (Phi) is 3.56. The van der Waals surface area contributed by atoms with Gasteiger partial charge in [0.2, 0.25) is 0 Å². The Bertz CT molecular complexity index is 554. The van der Waals surface area contributed by atoms with E-state index in [1.54, 1.807) is 24.3 Å². The maximum Gasteiger partial charge on any atom is 0.251 e. The zero-order chi connectivity index (χ0) is 13.2. The standard InChI is InChI=1S/C12H16N2O3S/c13-10-4-1-3-9(7-10)12(15)14-8-11-5-2-6-18(11,16)17/h1,3-4,7,11H,2,5-6,8,13H2,(H,14,15). The highest BCUT2D eigenvalue weighted by Gasteiger charge is 2.31. The minimum absolute atomic E-state index is 0.177. The van der Waals surface area contributed by atoms with Gasteiger partial charge in [0, 0.05) is 17.8 Å². The van der Waals surface area contributed by atoms with Gasteiger partial charge in [-0.3, -0.25) is 4.79 Å². The first-order valence-electron chi connectivity index (χ1n) is 5.84. The maximum atomic E-state index is 11.8. The van der Waals surface area contributed by atoms with Gasteiger partial charge in [-0.15, -0.1) is 0 Å². The Balaban J connectivity index is 1.97. The molecule has 3 N–H and O–H groups in total. The van der Waals surface area contributed by atoms with Crippen LogP contribution in [-0.4, -0.2) is 31.9 Å². The molecule has 1 amide bonds. The summed E-state index contributed by atoms with van der Waals surface area (Å²) in [5.41, 5.74) is 6.54. The molecule has 1 atom stereocenters. The molecule has 1 aliphatic rings. The summed E-state index contributed by atoms with van der Waals surface area (Å²) in [6, 6.07) is 6.60. The Morgan fingerprint density at radius 1 is 1.44 bits per heavy atom. The maximum absolute atomic E-state index is 11.8. The molecule has 1 heterocycles. The fourth-order valence-electron chi connectivity index (χ4n) is 2.08. The van der Waals surface area contributed by atoms with Crippen LogP contribution in [0.3, 0.4) is 0 Å². The van der Waals surface area contributed by atoms with Crippen molar-refractivity contribution < 1.29 is 13.2 Å². The first kappa shape index (κ1) is 12.9. The van der Waals surface area contributed by atoms with E-state index in [2.05, 4.69) is 5.32 Å². The number of hydrogen-bond donors (Lipinski definition) is 2. The molecule has 1 aromatic carbocycles. The van der Waals surface area contributed by atoms with Gasteiger partial charge >= 0.3 is 0 Å². The molecule has 1 aliphatic heterocycles.